The van der Waals surface area contributed by atoms with Crippen LogP contribution in [0, 0.1) is 0 Å². The smallest absolute Gasteiger partial charge is 0.407 e. The van der Waals surface area contributed by atoms with Crippen molar-refractivity contribution in [2.75, 3.05) is 5.32 Å². The molecule has 6 nitrogen and oxygen atoms in total. The molecular formula is C23H29N3O3. The monoisotopic (exact) mass is 395 g/mol. The first-order valence-electron chi connectivity index (χ1n) is 10.0. The topological polar surface area (TPSA) is 79.5 Å². The number of amides is 3. The Morgan fingerprint density at radius 2 is 1.90 bits per heavy atom. The predicted octanol–water partition coefficient (Wildman–Crippen LogP) is 4.91. The van der Waals surface area contributed by atoms with Crippen molar-refractivity contribution in [3.05, 3.63) is 65.2 Å². The Morgan fingerprint density at radius 1 is 1.10 bits per heavy atom. The SMILES string of the molecule is CC(C)(C)OC(=O)NCc1cccc(NC(=O)NC2CCCc3ccccc32)c1. The van der Waals surface area contributed by atoms with E-state index in [0.29, 0.717) is 12.2 Å². The summed E-state index contributed by atoms with van der Waals surface area (Å²) in [5, 5.41) is 8.69. The van der Waals surface area contributed by atoms with Gasteiger partial charge >= 0.3 is 12.1 Å². The maximum absolute atomic E-state index is 12.5. The number of carbonyl (C=O) groups excluding carboxylic acids is 2. The van der Waals surface area contributed by atoms with Crippen molar-refractivity contribution in [1.29, 1.82) is 0 Å². The van der Waals surface area contributed by atoms with Gasteiger partial charge in [0.15, 0.2) is 0 Å². The molecular weight excluding hydrogens is 366 g/mol. The number of alkyl carbamates (subject to hydrolysis) is 1. The van der Waals surface area contributed by atoms with Gasteiger partial charge in [-0.2, -0.15) is 0 Å². The fourth-order valence-electron chi connectivity index (χ4n) is 3.48. The lowest BCUT2D eigenvalue weighted by molar-refractivity contribution is 0.0523. The van der Waals surface area contributed by atoms with Crippen LogP contribution in [0.2, 0.25) is 0 Å². The summed E-state index contributed by atoms with van der Waals surface area (Å²) in [6.45, 7) is 5.78. The first-order valence-corrected chi connectivity index (χ1v) is 10.0. The fourth-order valence-corrected chi connectivity index (χ4v) is 3.48. The minimum atomic E-state index is -0.538. The van der Waals surface area contributed by atoms with Crippen LogP contribution in [0.15, 0.2) is 48.5 Å². The van der Waals surface area contributed by atoms with E-state index in [9.17, 15) is 9.59 Å². The Hall–Kier alpha value is -3.02. The van der Waals surface area contributed by atoms with E-state index in [-0.39, 0.29) is 12.1 Å². The molecule has 0 aromatic heterocycles. The molecule has 0 radical (unpaired) electrons. The van der Waals surface area contributed by atoms with Gasteiger partial charge in [-0.05, 0) is 68.9 Å². The second kappa shape index (κ2) is 8.99. The third kappa shape index (κ3) is 6.24. The molecule has 0 fully saturated rings. The third-order valence-corrected chi connectivity index (χ3v) is 4.70. The predicted molar refractivity (Wildman–Crippen MR) is 114 cm³/mol. The molecule has 2 aromatic carbocycles. The molecule has 0 saturated heterocycles. The number of fused-ring (bicyclic) bond motifs is 1. The van der Waals surface area contributed by atoms with Gasteiger partial charge in [0.1, 0.15) is 5.60 Å². The Bertz CT molecular complexity index is 874. The van der Waals surface area contributed by atoms with Crippen LogP contribution >= 0.6 is 0 Å². The van der Waals surface area contributed by atoms with E-state index >= 15 is 0 Å². The highest BCUT2D eigenvalue weighted by Gasteiger charge is 2.21. The van der Waals surface area contributed by atoms with Crippen LogP contribution in [-0.4, -0.2) is 17.7 Å². The highest BCUT2D eigenvalue weighted by atomic mass is 16.6. The number of aryl methyl sites for hydroxylation is 1. The van der Waals surface area contributed by atoms with Crippen LogP contribution in [-0.2, 0) is 17.7 Å². The van der Waals surface area contributed by atoms with Crippen LogP contribution in [0.5, 0.6) is 0 Å². The number of benzene rings is 2. The quantitative estimate of drug-likeness (QED) is 0.688. The Morgan fingerprint density at radius 3 is 2.69 bits per heavy atom. The summed E-state index contributed by atoms with van der Waals surface area (Å²) >= 11 is 0. The molecule has 29 heavy (non-hydrogen) atoms. The van der Waals surface area contributed by atoms with E-state index < -0.39 is 11.7 Å². The minimum Gasteiger partial charge on any atom is -0.444 e. The third-order valence-electron chi connectivity index (χ3n) is 4.70. The van der Waals surface area contributed by atoms with Gasteiger partial charge < -0.3 is 20.7 Å². The molecule has 154 valence electrons. The fraction of sp³-hybridized carbons (Fsp3) is 0.391. The van der Waals surface area contributed by atoms with Crippen molar-refractivity contribution in [1.82, 2.24) is 10.6 Å². The van der Waals surface area contributed by atoms with Crippen LogP contribution in [0.25, 0.3) is 0 Å². The van der Waals surface area contributed by atoms with Gasteiger partial charge in [-0.15, -0.1) is 0 Å². The van der Waals surface area contributed by atoms with Crippen LogP contribution in [0.3, 0.4) is 0 Å². The van der Waals surface area contributed by atoms with Gasteiger partial charge in [-0.1, -0.05) is 36.4 Å². The molecule has 1 aliphatic carbocycles. The van der Waals surface area contributed by atoms with Gasteiger partial charge in [-0.25, -0.2) is 9.59 Å². The molecule has 3 N–H and O–H groups in total. The zero-order valence-corrected chi connectivity index (χ0v) is 17.2. The van der Waals surface area contributed by atoms with Crippen molar-refractivity contribution < 1.29 is 14.3 Å². The standard InChI is InChI=1S/C23H29N3O3/c1-23(2,3)29-22(28)24-15-16-8-6-11-18(14-16)25-21(27)26-20-13-7-10-17-9-4-5-12-19(17)20/h4-6,8-9,11-12,14,20H,7,10,13,15H2,1-3H3,(H,24,28)(H2,25,26,27). The second-order valence-electron chi connectivity index (χ2n) is 8.30. The molecule has 3 rings (SSSR count). The molecule has 6 heteroatoms. The lowest BCUT2D eigenvalue weighted by Crippen LogP contribution is -2.34. The van der Waals surface area contributed by atoms with Crippen molar-refractivity contribution in [3.8, 4) is 0 Å². The van der Waals surface area contributed by atoms with E-state index in [4.69, 9.17) is 4.74 Å². The molecule has 0 aliphatic heterocycles. The van der Waals surface area contributed by atoms with E-state index in [0.717, 1.165) is 24.8 Å². The number of anilines is 1. The van der Waals surface area contributed by atoms with Gasteiger partial charge in [0.2, 0.25) is 0 Å². The lowest BCUT2D eigenvalue weighted by Gasteiger charge is -2.26. The molecule has 1 aliphatic rings. The number of ether oxygens (including phenoxy) is 1. The summed E-state index contributed by atoms with van der Waals surface area (Å²) in [5.74, 6) is 0. The van der Waals surface area contributed by atoms with E-state index in [1.54, 1.807) is 0 Å². The van der Waals surface area contributed by atoms with Crippen molar-refractivity contribution in [3.63, 3.8) is 0 Å². The van der Waals surface area contributed by atoms with Crippen molar-refractivity contribution in [2.24, 2.45) is 0 Å². The van der Waals surface area contributed by atoms with Gasteiger partial charge in [0.05, 0.1) is 6.04 Å². The molecule has 1 atom stereocenters. The molecule has 0 heterocycles. The maximum Gasteiger partial charge on any atom is 0.407 e. The summed E-state index contributed by atoms with van der Waals surface area (Å²) in [5.41, 5.74) is 3.51. The molecule has 0 saturated carbocycles. The number of carbonyl (C=O) groups is 2. The zero-order valence-electron chi connectivity index (χ0n) is 17.2. The number of rotatable bonds is 4. The minimum absolute atomic E-state index is 0.0250. The first-order chi connectivity index (χ1) is 13.8. The van der Waals surface area contributed by atoms with Gasteiger partial charge in [0.25, 0.3) is 0 Å². The summed E-state index contributed by atoms with van der Waals surface area (Å²) in [6, 6.07) is 15.5. The Balaban J connectivity index is 1.55. The van der Waals surface area contributed by atoms with Crippen LogP contribution < -0.4 is 16.0 Å². The Kier molecular flexibility index (Phi) is 6.42. The lowest BCUT2D eigenvalue weighted by atomic mass is 9.88. The Labute approximate surface area is 172 Å². The maximum atomic E-state index is 12.5. The van der Waals surface area contributed by atoms with Gasteiger partial charge in [0, 0.05) is 12.2 Å². The molecule has 3 amide bonds. The van der Waals surface area contributed by atoms with Crippen LogP contribution in [0.4, 0.5) is 15.3 Å². The highest BCUT2D eigenvalue weighted by Crippen LogP contribution is 2.29. The summed E-state index contributed by atoms with van der Waals surface area (Å²) in [7, 11) is 0. The van der Waals surface area contributed by atoms with Gasteiger partial charge in [-0.3, -0.25) is 0 Å². The van der Waals surface area contributed by atoms with Crippen molar-refractivity contribution in [2.45, 2.75) is 58.2 Å². The summed E-state index contributed by atoms with van der Waals surface area (Å²) in [6.07, 6.45) is 2.59. The summed E-state index contributed by atoms with van der Waals surface area (Å²) < 4.78 is 5.24. The number of hydrogen-bond donors (Lipinski definition) is 3. The number of hydrogen-bond acceptors (Lipinski definition) is 3. The molecule has 0 bridgehead atoms. The average Bonchev–Trinajstić information content (AvgIpc) is 2.66. The zero-order chi connectivity index (χ0) is 20.9. The molecule has 0 spiro atoms. The van der Waals surface area contributed by atoms with E-state index in [1.807, 2.05) is 57.2 Å². The van der Waals surface area contributed by atoms with Crippen LogP contribution in [0.1, 0.15) is 56.3 Å². The summed E-state index contributed by atoms with van der Waals surface area (Å²) in [4.78, 5) is 24.3. The normalized spacial score (nSPS) is 15.8. The largest absolute Gasteiger partial charge is 0.444 e. The molecule has 1 unspecified atom stereocenters. The highest BCUT2D eigenvalue weighted by molar-refractivity contribution is 5.89. The molecule has 2 aromatic rings. The van der Waals surface area contributed by atoms with E-state index in [2.05, 4.69) is 28.1 Å². The van der Waals surface area contributed by atoms with E-state index in [1.165, 1.54) is 11.1 Å². The van der Waals surface area contributed by atoms with Crippen molar-refractivity contribution >= 4 is 17.8 Å². The number of nitrogens with one attached hydrogen (secondary N) is 3. The number of urea groups is 1. The average molecular weight is 396 g/mol. The first kappa shape index (κ1) is 20.7. The second-order valence-corrected chi connectivity index (χ2v) is 8.30.